The first-order valence-corrected chi connectivity index (χ1v) is 6.19. The summed E-state index contributed by atoms with van der Waals surface area (Å²) in [6, 6.07) is -0.552. The molecule has 0 aromatic heterocycles. The van der Waals surface area contributed by atoms with E-state index in [0.717, 1.165) is 19.6 Å². The summed E-state index contributed by atoms with van der Waals surface area (Å²) in [6.07, 6.45) is 1.06. The van der Waals surface area contributed by atoms with E-state index in [0.29, 0.717) is 12.5 Å². The Kier molecular flexibility index (Phi) is 8.52. The van der Waals surface area contributed by atoms with E-state index in [-0.39, 0.29) is 31.0 Å². The van der Waals surface area contributed by atoms with Gasteiger partial charge in [-0.05, 0) is 12.3 Å². The van der Waals surface area contributed by atoms with Gasteiger partial charge in [-0.1, -0.05) is 13.8 Å². The lowest BCUT2D eigenvalue weighted by Crippen LogP contribution is -2.45. The Labute approximate surface area is 115 Å². The average Bonchev–Trinajstić information content (AvgIpc) is 2.74. The van der Waals surface area contributed by atoms with Crippen LogP contribution >= 0.6 is 12.4 Å². The SMILES string of the molecule is COCC(N)C(=O)N1CCC(OCC(C)C)C1.Cl. The maximum Gasteiger partial charge on any atom is 0.241 e. The second-order valence-electron chi connectivity index (χ2n) is 4.98. The maximum atomic E-state index is 11.9. The molecule has 0 bridgehead atoms. The molecule has 0 aromatic carbocycles. The minimum atomic E-state index is -0.552. The van der Waals surface area contributed by atoms with Crippen molar-refractivity contribution in [2.24, 2.45) is 11.7 Å². The third-order valence-electron chi connectivity index (χ3n) is 2.79. The van der Waals surface area contributed by atoms with Crippen LogP contribution < -0.4 is 5.73 Å². The lowest BCUT2D eigenvalue weighted by Gasteiger charge is -2.20. The molecule has 1 amide bonds. The number of halogens is 1. The smallest absolute Gasteiger partial charge is 0.241 e. The lowest BCUT2D eigenvalue weighted by atomic mass is 10.2. The van der Waals surface area contributed by atoms with Gasteiger partial charge in [0.1, 0.15) is 6.04 Å². The van der Waals surface area contributed by atoms with Crippen LogP contribution in [0.4, 0.5) is 0 Å². The van der Waals surface area contributed by atoms with Crippen LogP contribution in [0.25, 0.3) is 0 Å². The van der Waals surface area contributed by atoms with E-state index in [1.165, 1.54) is 0 Å². The monoisotopic (exact) mass is 280 g/mol. The summed E-state index contributed by atoms with van der Waals surface area (Å²) in [5.74, 6) is 0.484. The maximum absolute atomic E-state index is 11.9. The van der Waals surface area contributed by atoms with E-state index in [9.17, 15) is 4.79 Å². The predicted octanol–water partition coefficient (Wildman–Crippen LogP) is 0.655. The van der Waals surface area contributed by atoms with E-state index >= 15 is 0 Å². The molecule has 1 rings (SSSR count). The van der Waals surface area contributed by atoms with Crippen LogP contribution in [0, 0.1) is 5.92 Å². The fourth-order valence-electron chi connectivity index (χ4n) is 1.88. The Morgan fingerprint density at radius 2 is 2.11 bits per heavy atom. The van der Waals surface area contributed by atoms with Gasteiger partial charge in [0.25, 0.3) is 0 Å². The van der Waals surface area contributed by atoms with Crippen molar-refractivity contribution >= 4 is 18.3 Å². The standard InChI is InChI=1S/C12H24N2O3.ClH/c1-9(2)7-17-10-4-5-14(6-10)12(15)11(13)8-16-3;/h9-11H,4-8,13H2,1-3H3;1H. The zero-order valence-corrected chi connectivity index (χ0v) is 12.2. The van der Waals surface area contributed by atoms with Crippen molar-refractivity contribution in [3.05, 3.63) is 0 Å². The number of methoxy groups -OCH3 is 1. The minimum absolute atomic E-state index is 0. The van der Waals surface area contributed by atoms with Crippen molar-refractivity contribution < 1.29 is 14.3 Å². The second-order valence-corrected chi connectivity index (χ2v) is 4.98. The molecule has 0 aliphatic carbocycles. The van der Waals surface area contributed by atoms with Gasteiger partial charge in [0, 0.05) is 26.8 Å². The molecule has 6 heteroatoms. The number of rotatable bonds is 6. The van der Waals surface area contributed by atoms with Gasteiger partial charge in [0.15, 0.2) is 0 Å². The van der Waals surface area contributed by atoms with Crippen molar-refractivity contribution in [3.8, 4) is 0 Å². The largest absolute Gasteiger partial charge is 0.383 e. The first-order chi connectivity index (χ1) is 8.04. The number of likely N-dealkylation sites (tertiary alicyclic amines) is 1. The molecule has 0 saturated carbocycles. The summed E-state index contributed by atoms with van der Waals surface area (Å²) < 4.78 is 10.6. The Bertz CT molecular complexity index is 251. The van der Waals surface area contributed by atoms with Crippen molar-refractivity contribution in [2.45, 2.75) is 32.4 Å². The summed E-state index contributed by atoms with van der Waals surface area (Å²) in [4.78, 5) is 13.7. The molecule has 0 spiro atoms. The minimum Gasteiger partial charge on any atom is -0.383 e. The van der Waals surface area contributed by atoms with Crippen molar-refractivity contribution in [3.63, 3.8) is 0 Å². The van der Waals surface area contributed by atoms with E-state index in [4.69, 9.17) is 15.2 Å². The number of amides is 1. The van der Waals surface area contributed by atoms with Crippen LogP contribution in [0.5, 0.6) is 0 Å². The summed E-state index contributed by atoms with van der Waals surface area (Å²) in [6.45, 7) is 6.64. The van der Waals surface area contributed by atoms with Crippen LogP contribution in [-0.2, 0) is 14.3 Å². The molecule has 2 N–H and O–H groups in total. The van der Waals surface area contributed by atoms with Gasteiger partial charge < -0.3 is 20.1 Å². The van der Waals surface area contributed by atoms with Gasteiger partial charge in [0.2, 0.25) is 5.91 Å². The number of hydrogen-bond donors (Lipinski definition) is 1. The summed E-state index contributed by atoms with van der Waals surface area (Å²) in [7, 11) is 1.55. The van der Waals surface area contributed by atoms with Crippen molar-refractivity contribution in [2.75, 3.05) is 33.4 Å². The topological polar surface area (TPSA) is 64.8 Å². The normalized spacial score (nSPS) is 20.9. The van der Waals surface area contributed by atoms with Crippen molar-refractivity contribution in [1.82, 2.24) is 4.90 Å². The highest BCUT2D eigenvalue weighted by Crippen LogP contribution is 2.14. The van der Waals surface area contributed by atoms with Crippen LogP contribution in [-0.4, -0.2) is 56.4 Å². The molecular weight excluding hydrogens is 256 g/mol. The molecular formula is C12H25ClN2O3. The van der Waals surface area contributed by atoms with Gasteiger partial charge in [-0.25, -0.2) is 0 Å². The molecule has 1 aliphatic heterocycles. The number of carbonyl (C=O) groups excluding carboxylic acids is 1. The molecule has 2 unspecified atom stereocenters. The lowest BCUT2D eigenvalue weighted by molar-refractivity contribution is -0.133. The molecule has 1 saturated heterocycles. The molecule has 1 fully saturated rings. The van der Waals surface area contributed by atoms with Gasteiger partial charge in [0.05, 0.1) is 12.7 Å². The van der Waals surface area contributed by atoms with Gasteiger partial charge in [-0.2, -0.15) is 0 Å². The highest BCUT2D eigenvalue weighted by atomic mass is 35.5. The van der Waals surface area contributed by atoms with Crippen LogP contribution in [0.3, 0.4) is 0 Å². The second kappa shape index (κ2) is 8.69. The summed E-state index contributed by atoms with van der Waals surface area (Å²) in [5.41, 5.74) is 5.72. The van der Waals surface area contributed by atoms with Gasteiger partial charge >= 0.3 is 0 Å². The van der Waals surface area contributed by atoms with E-state index in [1.807, 2.05) is 0 Å². The number of nitrogens with two attached hydrogens (primary N) is 1. The zero-order valence-electron chi connectivity index (χ0n) is 11.4. The molecule has 0 radical (unpaired) electrons. The third-order valence-corrected chi connectivity index (χ3v) is 2.79. The third kappa shape index (κ3) is 5.52. The average molecular weight is 281 g/mol. The molecule has 0 aromatic rings. The Morgan fingerprint density at radius 3 is 2.67 bits per heavy atom. The Hall–Kier alpha value is -0.360. The van der Waals surface area contributed by atoms with Crippen LogP contribution in [0.15, 0.2) is 0 Å². The molecule has 108 valence electrons. The first kappa shape index (κ1) is 17.6. The molecule has 5 nitrogen and oxygen atoms in total. The number of nitrogens with zero attached hydrogens (tertiary/aromatic N) is 1. The molecule has 2 atom stereocenters. The molecule has 1 heterocycles. The fraction of sp³-hybridized carbons (Fsp3) is 0.917. The fourth-order valence-corrected chi connectivity index (χ4v) is 1.88. The zero-order chi connectivity index (χ0) is 12.8. The van der Waals surface area contributed by atoms with Gasteiger partial charge in [-0.15, -0.1) is 12.4 Å². The molecule has 1 aliphatic rings. The summed E-state index contributed by atoms with van der Waals surface area (Å²) in [5, 5.41) is 0. The first-order valence-electron chi connectivity index (χ1n) is 6.19. The van der Waals surface area contributed by atoms with Crippen LogP contribution in [0.1, 0.15) is 20.3 Å². The quantitative estimate of drug-likeness (QED) is 0.776. The number of ether oxygens (including phenoxy) is 2. The van der Waals surface area contributed by atoms with E-state index < -0.39 is 6.04 Å². The highest BCUT2D eigenvalue weighted by Gasteiger charge is 2.29. The summed E-state index contributed by atoms with van der Waals surface area (Å²) >= 11 is 0. The molecule has 18 heavy (non-hydrogen) atoms. The van der Waals surface area contributed by atoms with Crippen molar-refractivity contribution in [1.29, 1.82) is 0 Å². The Morgan fingerprint density at radius 1 is 1.44 bits per heavy atom. The van der Waals surface area contributed by atoms with Crippen LogP contribution in [0.2, 0.25) is 0 Å². The highest BCUT2D eigenvalue weighted by molar-refractivity contribution is 5.85. The predicted molar refractivity (Wildman–Crippen MR) is 72.9 cm³/mol. The Balaban J connectivity index is 0.00000289. The van der Waals surface area contributed by atoms with E-state index in [1.54, 1.807) is 12.0 Å². The van der Waals surface area contributed by atoms with E-state index in [2.05, 4.69) is 13.8 Å². The number of hydrogen-bond acceptors (Lipinski definition) is 4. The number of carbonyl (C=O) groups is 1. The van der Waals surface area contributed by atoms with Gasteiger partial charge in [-0.3, -0.25) is 4.79 Å².